The molecule has 3 heterocycles. The molecule has 4 N–H and O–H groups in total. The van der Waals surface area contributed by atoms with Gasteiger partial charge in [-0.3, -0.25) is 10.4 Å². The molecule has 31 heavy (non-hydrogen) atoms. The molecular formula is C21H25N7O2S. The molecule has 0 spiro atoms. The van der Waals surface area contributed by atoms with E-state index in [1.54, 1.807) is 12.1 Å². The van der Waals surface area contributed by atoms with Crippen LogP contribution in [0.3, 0.4) is 0 Å². The Bertz CT molecular complexity index is 1060. The highest BCUT2D eigenvalue weighted by Gasteiger charge is 2.20. The van der Waals surface area contributed by atoms with E-state index in [4.69, 9.17) is 15.1 Å². The Morgan fingerprint density at radius 2 is 1.87 bits per heavy atom. The topological polar surface area (TPSA) is 119 Å². The summed E-state index contributed by atoms with van der Waals surface area (Å²) in [6.07, 6.45) is 2.48. The van der Waals surface area contributed by atoms with Gasteiger partial charge in [-0.05, 0) is 69.1 Å². The molecule has 1 aliphatic rings. The minimum absolute atomic E-state index is 0.520. The van der Waals surface area contributed by atoms with Crippen molar-refractivity contribution in [3.63, 3.8) is 0 Å². The van der Waals surface area contributed by atoms with E-state index in [1.807, 2.05) is 32.0 Å². The fourth-order valence-electron chi connectivity index (χ4n) is 3.50. The lowest BCUT2D eigenvalue weighted by molar-refractivity contribution is 0.209. The monoisotopic (exact) mass is 439 g/mol. The van der Waals surface area contributed by atoms with Crippen LogP contribution < -0.4 is 15.5 Å². The second-order valence-corrected chi connectivity index (χ2v) is 8.51. The number of nitrogens with zero attached hydrogens (tertiary/aromatic N) is 4. The van der Waals surface area contributed by atoms with Gasteiger partial charge in [-0.25, -0.2) is 14.8 Å². The maximum absolute atomic E-state index is 10.8. The largest absolute Gasteiger partial charge is 0.465 e. The lowest BCUT2D eigenvalue weighted by atomic mass is 10.1. The van der Waals surface area contributed by atoms with Crippen LogP contribution in [0.5, 0.6) is 0 Å². The van der Waals surface area contributed by atoms with Gasteiger partial charge in [-0.15, -0.1) is 0 Å². The van der Waals surface area contributed by atoms with Crippen molar-refractivity contribution in [2.75, 3.05) is 28.6 Å². The highest BCUT2D eigenvalue weighted by atomic mass is 32.2. The fraction of sp³-hybridized carbons (Fsp3) is 0.333. The van der Waals surface area contributed by atoms with Gasteiger partial charge in [0, 0.05) is 41.0 Å². The quantitative estimate of drug-likeness (QED) is 0.405. The number of anilines is 4. The van der Waals surface area contributed by atoms with Crippen molar-refractivity contribution >= 4 is 41.0 Å². The summed E-state index contributed by atoms with van der Waals surface area (Å²) in [5.41, 5.74) is 2.48. The Hall–Kier alpha value is -3.27. The van der Waals surface area contributed by atoms with Gasteiger partial charge >= 0.3 is 6.09 Å². The van der Waals surface area contributed by atoms with Crippen molar-refractivity contribution in [1.82, 2.24) is 20.2 Å². The SMILES string of the molecule is Cc1cc(Nc2nc(Sc3ccc(NC(=O)O)cc3)nc(N3CCCCC3)c2C)n[nH]1. The van der Waals surface area contributed by atoms with Gasteiger partial charge in [0.1, 0.15) is 11.6 Å². The molecule has 1 aliphatic heterocycles. The number of aryl methyl sites for hydroxylation is 1. The average Bonchev–Trinajstić information content (AvgIpc) is 3.16. The van der Waals surface area contributed by atoms with E-state index in [-0.39, 0.29) is 0 Å². The number of aromatic nitrogens is 4. The third-order valence-corrected chi connectivity index (χ3v) is 5.90. The van der Waals surface area contributed by atoms with E-state index in [2.05, 4.69) is 25.7 Å². The Morgan fingerprint density at radius 3 is 2.52 bits per heavy atom. The van der Waals surface area contributed by atoms with Gasteiger partial charge in [0.05, 0.1) is 0 Å². The number of piperidine rings is 1. The Kier molecular flexibility index (Phi) is 6.26. The minimum atomic E-state index is -1.09. The fourth-order valence-corrected chi connectivity index (χ4v) is 4.26. The summed E-state index contributed by atoms with van der Waals surface area (Å²) in [6, 6.07) is 9.08. The minimum Gasteiger partial charge on any atom is -0.465 e. The number of rotatable bonds is 6. The third-order valence-electron chi connectivity index (χ3n) is 5.02. The van der Waals surface area contributed by atoms with Crippen LogP contribution in [0, 0.1) is 13.8 Å². The zero-order valence-corrected chi connectivity index (χ0v) is 18.3. The smallest absolute Gasteiger partial charge is 0.409 e. The zero-order chi connectivity index (χ0) is 21.8. The van der Waals surface area contributed by atoms with E-state index in [9.17, 15) is 4.79 Å². The van der Waals surface area contributed by atoms with Crippen LogP contribution in [0.15, 0.2) is 40.4 Å². The van der Waals surface area contributed by atoms with Crippen molar-refractivity contribution in [1.29, 1.82) is 0 Å². The van der Waals surface area contributed by atoms with Crippen LogP contribution in [0.2, 0.25) is 0 Å². The molecule has 0 aliphatic carbocycles. The molecule has 1 fully saturated rings. The van der Waals surface area contributed by atoms with Gasteiger partial charge in [0.15, 0.2) is 11.0 Å². The molecule has 0 bridgehead atoms. The molecule has 1 aromatic carbocycles. The standard InChI is InChI=1S/C21H25N7O2S/c1-13-12-17(27-26-13)23-18-14(2)19(28-10-4-3-5-11-28)25-20(24-18)31-16-8-6-15(7-9-16)22-21(29)30/h6-9,12,22H,3-5,10-11H2,1-2H3,(H,29,30)(H2,23,24,25,26,27). The van der Waals surface area contributed by atoms with Crippen LogP contribution in [0.4, 0.5) is 27.9 Å². The highest BCUT2D eigenvalue weighted by Crippen LogP contribution is 2.33. The number of hydrogen-bond acceptors (Lipinski definition) is 7. The van der Waals surface area contributed by atoms with Gasteiger partial charge < -0.3 is 15.3 Å². The molecule has 0 atom stereocenters. The van der Waals surface area contributed by atoms with Crippen LogP contribution in [0.1, 0.15) is 30.5 Å². The first kappa shape index (κ1) is 21.0. The summed E-state index contributed by atoms with van der Waals surface area (Å²) in [4.78, 5) is 23.7. The Balaban J connectivity index is 1.63. The van der Waals surface area contributed by atoms with E-state index in [0.29, 0.717) is 16.7 Å². The molecule has 0 unspecified atom stereocenters. The van der Waals surface area contributed by atoms with Crippen molar-refractivity contribution in [3.8, 4) is 0 Å². The highest BCUT2D eigenvalue weighted by molar-refractivity contribution is 7.99. The number of carboxylic acid groups (broad SMARTS) is 1. The molecule has 3 aromatic rings. The van der Waals surface area contributed by atoms with Crippen LogP contribution in [-0.4, -0.2) is 44.5 Å². The van der Waals surface area contributed by atoms with E-state index >= 15 is 0 Å². The zero-order valence-electron chi connectivity index (χ0n) is 17.5. The normalized spacial score (nSPS) is 13.8. The molecule has 9 nitrogen and oxygen atoms in total. The van der Waals surface area contributed by atoms with Gasteiger partial charge in [-0.1, -0.05) is 0 Å². The van der Waals surface area contributed by atoms with Crippen molar-refractivity contribution < 1.29 is 9.90 Å². The molecule has 1 amide bonds. The van der Waals surface area contributed by atoms with Crippen molar-refractivity contribution in [3.05, 3.63) is 41.6 Å². The number of amides is 1. The van der Waals surface area contributed by atoms with Crippen LogP contribution in [-0.2, 0) is 0 Å². The summed E-state index contributed by atoms with van der Waals surface area (Å²) in [7, 11) is 0. The van der Waals surface area contributed by atoms with Crippen LogP contribution >= 0.6 is 11.8 Å². The lowest BCUT2D eigenvalue weighted by Crippen LogP contribution is -2.31. The van der Waals surface area contributed by atoms with E-state index in [0.717, 1.165) is 53.7 Å². The van der Waals surface area contributed by atoms with Crippen molar-refractivity contribution in [2.45, 2.75) is 43.2 Å². The third kappa shape index (κ3) is 5.26. The number of aromatic amines is 1. The predicted octanol–water partition coefficient (Wildman–Crippen LogP) is 4.79. The number of carbonyl (C=O) groups is 1. The molecule has 4 rings (SSSR count). The lowest BCUT2D eigenvalue weighted by Gasteiger charge is -2.29. The molecule has 1 saturated heterocycles. The van der Waals surface area contributed by atoms with E-state index in [1.165, 1.54) is 18.2 Å². The number of benzene rings is 1. The second kappa shape index (κ2) is 9.25. The van der Waals surface area contributed by atoms with Gasteiger partial charge in [0.25, 0.3) is 0 Å². The summed E-state index contributed by atoms with van der Waals surface area (Å²) in [5.74, 6) is 2.38. The van der Waals surface area contributed by atoms with Crippen LogP contribution in [0.25, 0.3) is 0 Å². The van der Waals surface area contributed by atoms with Gasteiger partial charge in [-0.2, -0.15) is 5.10 Å². The summed E-state index contributed by atoms with van der Waals surface area (Å²) < 4.78 is 0. The Morgan fingerprint density at radius 1 is 1.13 bits per heavy atom. The van der Waals surface area contributed by atoms with E-state index < -0.39 is 6.09 Å². The first-order valence-corrected chi connectivity index (χ1v) is 11.0. The number of hydrogen-bond donors (Lipinski definition) is 4. The average molecular weight is 440 g/mol. The van der Waals surface area contributed by atoms with Crippen molar-refractivity contribution in [2.24, 2.45) is 0 Å². The summed E-state index contributed by atoms with van der Waals surface area (Å²) in [6.45, 7) is 5.96. The van der Waals surface area contributed by atoms with Gasteiger partial charge in [0.2, 0.25) is 0 Å². The predicted molar refractivity (Wildman–Crippen MR) is 122 cm³/mol. The maximum Gasteiger partial charge on any atom is 0.409 e. The molecule has 0 radical (unpaired) electrons. The number of nitrogens with one attached hydrogen (secondary N) is 3. The summed E-state index contributed by atoms with van der Waals surface area (Å²) in [5, 5.41) is 22.3. The molecule has 10 heteroatoms. The molecule has 162 valence electrons. The number of H-pyrrole nitrogens is 1. The second-order valence-electron chi connectivity index (χ2n) is 7.47. The first-order chi connectivity index (χ1) is 15.0. The first-order valence-electron chi connectivity index (χ1n) is 10.2. The Labute approximate surface area is 184 Å². The molecular weight excluding hydrogens is 414 g/mol. The molecule has 0 saturated carbocycles. The molecule has 2 aromatic heterocycles. The summed E-state index contributed by atoms with van der Waals surface area (Å²) >= 11 is 1.44. The maximum atomic E-state index is 10.8.